The summed E-state index contributed by atoms with van der Waals surface area (Å²) in [4.78, 5) is 11.3. The molecule has 1 N–H and O–H groups in total. The SMILES string of the molecule is COc1ccc(Cl)cc1-c1cc(Cl)cc2c1OC(C(F)(F)F)C(C(=O)O)=C2. The van der Waals surface area contributed by atoms with Gasteiger partial charge in [-0.1, -0.05) is 23.2 Å². The van der Waals surface area contributed by atoms with Crippen molar-refractivity contribution in [2.45, 2.75) is 12.3 Å². The molecule has 0 aliphatic carbocycles. The molecule has 0 fully saturated rings. The first kappa shape index (κ1) is 19.4. The highest BCUT2D eigenvalue weighted by molar-refractivity contribution is 6.32. The number of hydrogen-bond acceptors (Lipinski definition) is 3. The summed E-state index contributed by atoms with van der Waals surface area (Å²) >= 11 is 12.1. The van der Waals surface area contributed by atoms with E-state index in [9.17, 15) is 18.0 Å². The molecule has 0 saturated carbocycles. The Morgan fingerprint density at radius 3 is 2.41 bits per heavy atom. The highest BCUT2D eigenvalue weighted by Crippen LogP contribution is 2.46. The summed E-state index contributed by atoms with van der Waals surface area (Å²) in [5.74, 6) is -1.55. The van der Waals surface area contributed by atoms with Crippen LogP contribution in [0.25, 0.3) is 17.2 Å². The van der Waals surface area contributed by atoms with Gasteiger partial charge >= 0.3 is 12.1 Å². The molecule has 142 valence electrons. The van der Waals surface area contributed by atoms with Crippen LogP contribution in [-0.4, -0.2) is 30.5 Å². The van der Waals surface area contributed by atoms with Crippen molar-refractivity contribution in [1.82, 2.24) is 0 Å². The second kappa shape index (κ2) is 6.98. The Hall–Kier alpha value is -2.38. The maximum absolute atomic E-state index is 13.4. The van der Waals surface area contributed by atoms with Crippen molar-refractivity contribution < 1.29 is 32.5 Å². The first-order valence-electron chi connectivity index (χ1n) is 7.47. The van der Waals surface area contributed by atoms with Crippen molar-refractivity contribution in [3.8, 4) is 22.6 Å². The molecule has 3 rings (SSSR count). The largest absolute Gasteiger partial charge is 0.496 e. The van der Waals surface area contributed by atoms with Crippen molar-refractivity contribution in [3.63, 3.8) is 0 Å². The van der Waals surface area contributed by atoms with Crippen LogP contribution in [0.5, 0.6) is 11.5 Å². The zero-order chi connectivity index (χ0) is 19.9. The summed E-state index contributed by atoms with van der Waals surface area (Å²) in [6.45, 7) is 0. The minimum atomic E-state index is -4.92. The average Bonchev–Trinajstić information content (AvgIpc) is 2.58. The number of fused-ring (bicyclic) bond motifs is 1. The first-order chi connectivity index (χ1) is 12.6. The number of benzene rings is 2. The minimum Gasteiger partial charge on any atom is -0.496 e. The molecule has 0 bridgehead atoms. The van der Waals surface area contributed by atoms with Gasteiger partial charge in [-0.2, -0.15) is 13.2 Å². The van der Waals surface area contributed by atoms with Gasteiger partial charge in [-0.3, -0.25) is 0 Å². The van der Waals surface area contributed by atoms with Crippen LogP contribution in [0, 0.1) is 0 Å². The number of alkyl halides is 3. The van der Waals surface area contributed by atoms with Crippen LogP contribution in [0.3, 0.4) is 0 Å². The number of carboxylic acids is 1. The molecule has 1 atom stereocenters. The zero-order valence-corrected chi connectivity index (χ0v) is 15.1. The lowest BCUT2D eigenvalue weighted by Gasteiger charge is -2.29. The predicted molar refractivity (Wildman–Crippen MR) is 94.5 cm³/mol. The predicted octanol–water partition coefficient (Wildman–Crippen LogP) is 5.46. The van der Waals surface area contributed by atoms with Crippen molar-refractivity contribution in [2.75, 3.05) is 7.11 Å². The maximum atomic E-state index is 13.4. The van der Waals surface area contributed by atoms with Crippen molar-refractivity contribution >= 4 is 35.2 Å². The molecule has 0 saturated heterocycles. The number of rotatable bonds is 3. The van der Waals surface area contributed by atoms with E-state index < -0.39 is 23.8 Å². The van der Waals surface area contributed by atoms with Gasteiger partial charge in [0.15, 0.2) is 0 Å². The van der Waals surface area contributed by atoms with E-state index in [0.717, 1.165) is 6.08 Å². The second-order valence-electron chi connectivity index (χ2n) is 5.66. The number of methoxy groups -OCH3 is 1. The number of carbonyl (C=O) groups is 1. The Morgan fingerprint density at radius 2 is 1.81 bits per heavy atom. The molecular formula is C18H11Cl2F3O4. The molecule has 0 aromatic heterocycles. The van der Waals surface area contributed by atoms with E-state index in [0.29, 0.717) is 16.3 Å². The standard InChI is InChI=1S/C18H11Cl2F3O4/c1-26-14-3-2-9(19)6-11(14)12-7-10(20)4-8-5-13(17(24)25)16(18(21,22)23)27-15(8)12/h2-7,16H,1H3,(H,24,25). The molecule has 1 aliphatic heterocycles. The van der Waals surface area contributed by atoms with Gasteiger partial charge in [0.2, 0.25) is 6.10 Å². The molecule has 0 spiro atoms. The second-order valence-corrected chi connectivity index (χ2v) is 6.53. The summed E-state index contributed by atoms with van der Waals surface area (Å²) in [6.07, 6.45) is -6.63. The van der Waals surface area contributed by atoms with E-state index in [1.54, 1.807) is 12.1 Å². The summed E-state index contributed by atoms with van der Waals surface area (Å²) in [6, 6.07) is 7.33. The minimum absolute atomic E-state index is 0.109. The van der Waals surface area contributed by atoms with Gasteiger partial charge in [-0.15, -0.1) is 0 Å². The molecule has 2 aromatic rings. The summed E-state index contributed by atoms with van der Waals surface area (Å²) in [5.41, 5.74) is -0.262. The van der Waals surface area contributed by atoms with E-state index in [4.69, 9.17) is 37.8 Å². The van der Waals surface area contributed by atoms with Crippen LogP contribution < -0.4 is 9.47 Å². The first-order valence-corrected chi connectivity index (χ1v) is 8.23. The van der Waals surface area contributed by atoms with Gasteiger partial charge in [0, 0.05) is 26.7 Å². The Morgan fingerprint density at radius 1 is 1.15 bits per heavy atom. The zero-order valence-electron chi connectivity index (χ0n) is 13.6. The summed E-state index contributed by atoms with van der Waals surface area (Å²) in [5, 5.41) is 9.66. The number of aliphatic carboxylic acids is 1. The van der Waals surface area contributed by atoms with E-state index in [2.05, 4.69) is 0 Å². The van der Waals surface area contributed by atoms with Crippen LogP contribution in [0.4, 0.5) is 13.2 Å². The fraction of sp³-hybridized carbons (Fsp3) is 0.167. The van der Waals surface area contributed by atoms with E-state index in [-0.39, 0.29) is 21.9 Å². The number of carboxylic acid groups (broad SMARTS) is 1. The fourth-order valence-corrected chi connectivity index (χ4v) is 3.18. The third kappa shape index (κ3) is 3.70. The number of hydrogen-bond donors (Lipinski definition) is 1. The van der Waals surface area contributed by atoms with Gasteiger partial charge in [0.25, 0.3) is 0 Å². The molecule has 1 heterocycles. The van der Waals surface area contributed by atoms with Crippen molar-refractivity contribution in [1.29, 1.82) is 0 Å². The summed E-state index contributed by atoms with van der Waals surface area (Å²) in [7, 11) is 1.39. The van der Waals surface area contributed by atoms with Crippen LogP contribution in [0.1, 0.15) is 5.56 Å². The Labute approximate surface area is 161 Å². The van der Waals surface area contributed by atoms with Gasteiger partial charge in [-0.05, 0) is 36.4 Å². The average molecular weight is 419 g/mol. The maximum Gasteiger partial charge on any atom is 0.430 e. The normalized spacial score (nSPS) is 16.2. The molecule has 27 heavy (non-hydrogen) atoms. The third-order valence-electron chi connectivity index (χ3n) is 3.91. The van der Waals surface area contributed by atoms with Gasteiger partial charge in [0.1, 0.15) is 11.5 Å². The molecule has 4 nitrogen and oxygen atoms in total. The highest BCUT2D eigenvalue weighted by atomic mass is 35.5. The Balaban J connectivity index is 2.29. The molecule has 1 unspecified atom stereocenters. The molecule has 2 aromatic carbocycles. The van der Waals surface area contributed by atoms with Crippen LogP contribution in [0.15, 0.2) is 35.9 Å². The topological polar surface area (TPSA) is 55.8 Å². The Bertz CT molecular complexity index is 954. The van der Waals surface area contributed by atoms with E-state index in [1.165, 1.54) is 25.3 Å². The number of ether oxygens (including phenoxy) is 2. The quantitative estimate of drug-likeness (QED) is 0.718. The van der Waals surface area contributed by atoms with Crippen LogP contribution in [0.2, 0.25) is 10.0 Å². The lowest BCUT2D eigenvalue weighted by atomic mass is 9.95. The van der Waals surface area contributed by atoms with E-state index >= 15 is 0 Å². The molecule has 0 amide bonds. The number of halogens is 5. The Kier molecular flexibility index (Phi) is 5.01. The lowest BCUT2D eigenvalue weighted by Crippen LogP contribution is -2.40. The highest BCUT2D eigenvalue weighted by Gasteiger charge is 2.49. The van der Waals surface area contributed by atoms with Crippen molar-refractivity contribution in [3.05, 3.63) is 51.5 Å². The van der Waals surface area contributed by atoms with Crippen LogP contribution in [-0.2, 0) is 4.79 Å². The lowest BCUT2D eigenvalue weighted by molar-refractivity contribution is -0.187. The van der Waals surface area contributed by atoms with E-state index in [1.807, 2.05) is 0 Å². The van der Waals surface area contributed by atoms with Gasteiger partial charge < -0.3 is 14.6 Å². The smallest absolute Gasteiger partial charge is 0.430 e. The molecular weight excluding hydrogens is 408 g/mol. The molecule has 9 heteroatoms. The fourth-order valence-electron chi connectivity index (χ4n) is 2.79. The summed E-state index contributed by atoms with van der Waals surface area (Å²) < 4.78 is 50.5. The third-order valence-corrected chi connectivity index (χ3v) is 4.36. The molecule has 1 aliphatic rings. The van der Waals surface area contributed by atoms with Gasteiger partial charge in [0.05, 0.1) is 12.7 Å². The van der Waals surface area contributed by atoms with Gasteiger partial charge in [-0.25, -0.2) is 4.79 Å². The van der Waals surface area contributed by atoms with Crippen LogP contribution >= 0.6 is 23.2 Å². The van der Waals surface area contributed by atoms with Crippen molar-refractivity contribution in [2.24, 2.45) is 0 Å². The monoisotopic (exact) mass is 418 g/mol. The molecule has 0 radical (unpaired) electrons.